The van der Waals surface area contributed by atoms with E-state index < -0.39 is 4.33 Å². The van der Waals surface area contributed by atoms with Crippen LogP contribution in [-0.4, -0.2) is 10.6 Å². The summed E-state index contributed by atoms with van der Waals surface area (Å²) in [5.41, 5.74) is 0.801. The van der Waals surface area contributed by atoms with Gasteiger partial charge >= 0.3 is 0 Å². The molecular weight excluding hydrogens is 278 g/mol. The second-order valence-corrected chi connectivity index (χ2v) is 5.83. The molecule has 1 aromatic carbocycles. The number of hydrogen-bond acceptors (Lipinski definition) is 1. The predicted octanol–water partition coefficient (Wildman–Crippen LogP) is 4.08. The van der Waals surface area contributed by atoms with E-state index in [1.165, 1.54) is 0 Å². The van der Waals surface area contributed by atoms with E-state index in [-0.39, 0.29) is 11.8 Å². The normalized spacial score (nSPS) is 27.5. The molecule has 0 aliphatic heterocycles. The highest BCUT2D eigenvalue weighted by Crippen LogP contribution is 2.64. The third-order valence-corrected chi connectivity index (χ3v) is 3.91. The molecule has 1 aliphatic rings. The van der Waals surface area contributed by atoms with Gasteiger partial charge in [-0.15, -0.1) is 23.2 Å². The molecule has 1 aliphatic carbocycles. The van der Waals surface area contributed by atoms with Gasteiger partial charge in [0.2, 0.25) is 0 Å². The van der Waals surface area contributed by atoms with E-state index in [9.17, 15) is 4.79 Å². The van der Waals surface area contributed by atoms with Crippen molar-refractivity contribution in [3.63, 3.8) is 0 Å². The highest BCUT2D eigenvalue weighted by molar-refractivity contribution is 6.53. The summed E-state index contributed by atoms with van der Waals surface area (Å²) in [7, 11) is 0. The van der Waals surface area contributed by atoms with Crippen LogP contribution in [0.15, 0.2) is 18.2 Å². The summed E-state index contributed by atoms with van der Waals surface area (Å²) >= 11 is 23.6. The van der Waals surface area contributed by atoms with Crippen LogP contribution in [-0.2, 0) is 4.79 Å². The molecular formula is C10H6Cl4O. The maximum absolute atomic E-state index is 10.7. The number of benzene rings is 1. The molecule has 5 heteroatoms. The molecule has 80 valence electrons. The SMILES string of the molecule is O=C[C@@H]1[C@H](c2cc(Cl)cc(Cl)c2)C1(Cl)Cl. The Labute approximate surface area is 107 Å². The topological polar surface area (TPSA) is 17.1 Å². The van der Waals surface area contributed by atoms with Gasteiger partial charge in [0, 0.05) is 16.0 Å². The first-order valence-electron chi connectivity index (χ1n) is 4.26. The van der Waals surface area contributed by atoms with Crippen LogP contribution < -0.4 is 0 Å². The Balaban J connectivity index is 2.36. The third kappa shape index (κ3) is 1.99. The minimum atomic E-state index is -1.02. The highest BCUT2D eigenvalue weighted by atomic mass is 35.5. The van der Waals surface area contributed by atoms with E-state index in [0.29, 0.717) is 10.0 Å². The summed E-state index contributed by atoms with van der Waals surface area (Å²) in [4.78, 5) is 10.7. The molecule has 2 atom stereocenters. The summed E-state index contributed by atoms with van der Waals surface area (Å²) < 4.78 is -1.02. The van der Waals surface area contributed by atoms with Crippen molar-refractivity contribution in [3.05, 3.63) is 33.8 Å². The van der Waals surface area contributed by atoms with Gasteiger partial charge in [0.15, 0.2) is 0 Å². The van der Waals surface area contributed by atoms with Crippen LogP contribution in [0.3, 0.4) is 0 Å². The molecule has 0 unspecified atom stereocenters. The Morgan fingerprint density at radius 1 is 1.13 bits per heavy atom. The van der Waals surface area contributed by atoms with Crippen molar-refractivity contribution in [1.82, 2.24) is 0 Å². The predicted molar refractivity (Wildman–Crippen MR) is 63.2 cm³/mol. The van der Waals surface area contributed by atoms with Gasteiger partial charge in [0.25, 0.3) is 0 Å². The van der Waals surface area contributed by atoms with Crippen molar-refractivity contribution in [2.24, 2.45) is 5.92 Å². The minimum Gasteiger partial charge on any atom is -0.303 e. The fourth-order valence-electron chi connectivity index (χ4n) is 1.70. The summed E-state index contributed by atoms with van der Waals surface area (Å²) in [5, 5.41) is 1.02. The smallest absolute Gasteiger partial charge is 0.136 e. The van der Waals surface area contributed by atoms with Crippen molar-refractivity contribution >= 4 is 52.7 Å². The fraction of sp³-hybridized carbons (Fsp3) is 0.300. The van der Waals surface area contributed by atoms with Gasteiger partial charge in [0.1, 0.15) is 10.6 Å². The Morgan fingerprint density at radius 2 is 1.67 bits per heavy atom. The van der Waals surface area contributed by atoms with E-state index in [4.69, 9.17) is 46.4 Å². The van der Waals surface area contributed by atoms with Crippen LogP contribution in [0.25, 0.3) is 0 Å². The summed E-state index contributed by atoms with van der Waals surface area (Å²) in [6, 6.07) is 5.07. The van der Waals surface area contributed by atoms with Crippen LogP contribution >= 0.6 is 46.4 Å². The molecule has 0 N–H and O–H groups in total. The zero-order chi connectivity index (χ0) is 11.2. The minimum absolute atomic E-state index is 0.213. The van der Waals surface area contributed by atoms with E-state index in [2.05, 4.69) is 0 Å². The molecule has 0 amide bonds. The zero-order valence-corrected chi connectivity index (χ0v) is 10.4. The zero-order valence-electron chi connectivity index (χ0n) is 7.38. The summed E-state index contributed by atoms with van der Waals surface area (Å²) in [6.07, 6.45) is 0.763. The van der Waals surface area contributed by atoms with Crippen LogP contribution in [0.4, 0.5) is 0 Å². The Morgan fingerprint density at radius 3 is 2.07 bits per heavy atom. The molecule has 15 heavy (non-hydrogen) atoms. The Kier molecular flexibility index (Phi) is 2.93. The van der Waals surface area contributed by atoms with Crippen LogP contribution in [0.5, 0.6) is 0 Å². The maximum Gasteiger partial charge on any atom is 0.136 e. The lowest BCUT2D eigenvalue weighted by atomic mass is 10.1. The largest absolute Gasteiger partial charge is 0.303 e. The van der Waals surface area contributed by atoms with Crippen molar-refractivity contribution in [2.75, 3.05) is 0 Å². The number of halogens is 4. The average molecular weight is 284 g/mol. The summed E-state index contributed by atoms with van der Waals surface area (Å²) in [5.74, 6) is -0.593. The molecule has 0 aromatic heterocycles. The number of carbonyl (C=O) groups excluding carboxylic acids is 1. The Bertz CT molecular complexity index is 396. The van der Waals surface area contributed by atoms with Gasteiger partial charge in [-0.3, -0.25) is 0 Å². The molecule has 1 aromatic rings. The van der Waals surface area contributed by atoms with Gasteiger partial charge in [-0.05, 0) is 23.8 Å². The quantitative estimate of drug-likeness (QED) is 0.590. The number of alkyl halides is 2. The van der Waals surface area contributed by atoms with Gasteiger partial charge in [-0.25, -0.2) is 0 Å². The van der Waals surface area contributed by atoms with Crippen molar-refractivity contribution < 1.29 is 4.79 Å². The van der Waals surface area contributed by atoms with Crippen molar-refractivity contribution in [2.45, 2.75) is 10.3 Å². The molecule has 0 saturated heterocycles. The first-order chi connectivity index (χ1) is 6.96. The van der Waals surface area contributed by atoms with E-state index in [0.717, 1.165) is 11.8 Å². The van der Waals surface area contributed by atoms with Crippen LogP contribution in [0.2, 0.25) is 10.0 Å². The van der Waals surface area contributed by atoms with Gasteiger partial charge in [0.05, 0.1) is 5.92 Å². The van der Waals surface area contributed by atoms with Gasteiger partial charge in [-0.1, -0.05) is 23.2 Å². The lowest BCUT2D eigenvalue weighted by molar-refractivity contribution is -0.108. The third-order valence-electron chi connectivity index (χ3n) is 2.50. The molecule has 1 nitrogen and oxygen atoms in total. The fourth-order valence-corrected chi connectivity index (χ4v) is 3.00. The Hall–Kier alpha value is 0.0500. The molecule has 0 heterocycles. The molecule has 0 bridgehead atoms. The van der Waals surface area contributed by atoms with E-state index >= 15 is 0 Å². The number of aldehydes is 1. The first kappa shape index (κ1) is 11.5. The standard InChI is InChI=1S/C10H6Cl4O/c11-6-1-5(2-7(12)3-6)9-8(4-15)10(9,13)14/h1-4,8-9H/t8-,9+/m1/s1. The number of rotatable bonds is 2. The lowest BCUT2D eigenvalue weighted by Crippen LogP contribution is -1.90. The van der Waals surface area contributed by atoms with Crippen LogP contribution in [0.1, 0.15) is 11.5 Å². The highest BCUT2D eigenvalue weighted by Gasteiger charge is 2.64. The average Bonchev–Trinajstić information content (AvgIpc) is 2.66. The van der Waals surface area contributed by atoms with E-state index in [1.807, 2.05) is 0 Å². The molecule has 1 fully saturated rings. The first-order valence-corrected chi connectivity index (χ1v) is 5.77. The van der Waals surface area contributed by atoms with Crippen LogP contribution in [0, 0.1) is 5.92 Å². The monoisotopic (exact) mass is 282 g/mol. The van der Waals surface area contributed by atoms with Crippen molar-refractivity contribution in [3.8, 4) is 0 Å². The molecule has 0 radical (unpaired) electrons. The van der Waals surface area contributed by atoms with E-state index in [1.54, 1.807) is 18.2 Å². The lowest BCUT2D eigenvalue weighted by Gasteiger charge is -2.02. The summed E-state index contributed by atoms with van der Waals surface area (Å²) in [6.45, 7) is 0. The second-order valence-electron chi connectivity index (χ2n) is 3.52. The number of carbonyl (C=O) groups is 1. The second kappa shape index (κ2) is 3.81. The van der Waals surface area contributed by atoms with Crippen molar-refractivity contribution in [1.29, 1.82) is 0 Å². The number of hydrogen-bond donors (Lipinski definition) is 0. The molecule has 2 rings (SSSR count). The van der Waals surface area contributed by atoms with Gasteiger partial charge < -0.3 is 4.79 Å². The van der Waals surface area contributed by atoms with Gasteiger partial charge in [-0.2, -0.15) is 0 Å². The molecule has 1 saturated carbocycles. The molecule has 0 spiro atoms. The maximum atomic E-state index is 10.7.